The summed E-state index contributed by atoms with van der Waals surface area (Å²) < 4.78 is 23.7. The molecule has 0 aliphatic carbocycles. The van der Waals surface area contributed by atoms with Crippen molar-refractivity contribution in [3.8, 4) is 0 Å². The second-order valence-electron chi connectivity index (χ2n) is 3.33. The molecule has 0 aromatic heterocycles. The summed E-state index contributed by atoms with van der Waals surface area (Å²) in [7, 11) is -4.41. The number of nitro benzene ring substituents is 1. The van der Waals surface area contributed by atoms with Crippen LogP contribution in [0.25, 0.3) is 0 Å². The minimum absolute atomic E-state index is 0.146. The molecule has 94 valence electrons. The van der Waals surface area contributed by atoms with Gasteiger partial charge in [0.05, 0.1) is 11.0 Å². The van der Waals surface area contributed by atoms with E-state index in [1.807, 2.05) is 0 Å². The van der Waals surface area contributed by atoms with E-state index in [2.05, 4.69) is 5.32 Å². The van der Waals surface area contributed by atoms with Crippen molar-refractivity contribution in [2.75, 3.05) is 5.32 Å². The standard InChI is InChI=1S/C8H10FN2O5P/c1-5(17(14,15)16)10-7-3-2-6(9)4-8(7)11(12)13/h2-5,10H,1H3,(H2,14,15,16). The van der Waals surface area contributed by atoms with Crippen molar-refractivity contribution in [3.05, 3.63) is 34.1 Å². The Labute approximate surface area is 95.6 Å². The molecule has 0 saturated heterocycles. The largest absolute Gasteiger partial charge is 0.366 e. The van der Waals surface area contributed by atoms with Crippen LogP contribution in [-0.4, -0.2) is 20.5 Å². The molecule has 1 aromatic carbocycles. The monoisotopic (exact) mass is 264 g/mol. The van der Waals surface area contributed by atoms with Crippen molar-refractivity contribution >= 4 is 19.0 Å². The summed E-state index contributed by atoms with van der Waals surface area (Å²) in [6, 6.07) is 2.69. The second-order valence-corrected chi connectivity index (χ2v) is 5.28. The average Bonchev–Trinajstić information content (AvgIpc) is 2.18. The SMILES string of the molecule is CC(Nc1ccc(F)cc1[N+](=O)[O-])P(=O)(O)O. The van der Waals surface area contributed by atoms with Crippen LogP contribution in [0, 0.1) is 15.9 Å². The van der Waals surface area contributed by atoms with Gasteiger partial charge in [0, 0.05) is 0 Å². The van der Waals surface area contributed by atoms with Gasteiger partial charge in [-0.25, -0.2) is 4.39 Å². The molecule has 0 radical (unpaired) electrons. The lowest BCUT2D eigenvalue weighted by molar-refractivity contribution is -0.384. The summed E-state index contributed by atoms with van der Waals surface area (Å²) in [5.74, 6) is -2.10. The molecule has 1 rings (SSSR count). The van der Waals surface area contributed by atoms with Crippen molar-refractivity contribution in [3.63, 3.8) is 0 Å². The first-order valence-electron chi connectivity index (χ1n) is 4.47. The second kappa shape index (κ2) is 4.79. The number of benzene rings is 1. The number of nitrogens with zero attached hydrogens (tertiary/aromatic N) is 1. The lowest BCUT2D eigenvalue weighted by Gasteiger charge is -2.16. The van der Waals surface area contributed by atoms with E-state index in [9.17, 15) is 19.1 Å². The number of hydrogen-bond acceptors (Lipinski definition) is 4. The van der Waals surface area contributed by atoms with Crippen molar-refractivity contribution in [2.24, 2.45) is 0 Å². The van der Waals surface area contributed by atoms with Gasteiger partial charge in [-0.3, -0.25) is 14.7 Å². The van der Waals surface area contributed by atoms with Crippen LogP contribution in [0.3, 0.4) is 0 Å². The molecule has 7 nitrogen and oxygen atoms in total. The first-order valence-corrected chi connectivity index (χ1v) is 6.15. The Hall–Kier alpha value is -1.50. The topological polar surface area (TPSA) is 113 Å². The molecule has 9 heteroatoms. The summed E-state index contributed by atoms with van der Waals surface area (Å²) >= 11 is 0. The van der Waals surface area contributed by atoms with Crippen LogP contribution in [0.2, 0.25) is 0 Å². The van der Waals surface area contributed by atoms with Gasteiger partial charge in [-0.05, 0) is 19.1 Å². The quantitative estimate of drug-likeness (QED) is 0.433. The van der Waals surface area contributed by atoms with Crippen LogP contribution >= 0.6 is 7.60 Å². The van der Waals surface area contributed by atoms with E-state index in [1.165, 1.54) is 6.92 Å². The third-order valence-electron chi connectivity index (χ3n) is 2.03. The van der Waals surface area contributed by atoms with E-state index in [1.54, 1.807) is 0 Å². The summed E-state index contributed by atoms with van der Waals surface area (Å²) in [6.45, 7) is 1.17. The number of nitrogens with one attached hydrogen (secondary N) is 1. The predicted octanol–water partition coefficient (Wildman–Crippen LogP) is 1.67. The molecule has 1 atom stereocenters. The fourth-order valence-electron chi connectivity index (χ4n) is 1.09. The zero-order valence-corrected chi connectivity index (χ0v) is 9.60. The fraction of sp³-hybridized carbons (Fsp3) is 0.250. The van der Waals surface area contributed by atoms with Crippen molar-refractivity contribution in [1.29, 1.82) is 0 Å². The van der Waals surface area contributed by atoms with Crippen molar-refractivity contribution in [1.82, 2.24) is 0 Å². The Morgan fingerprint density at radius 3 is 2.59 bits per heavy atom. The Bertz CT molecular complexity index is 489. The highest BCUT2D eigenvalue weighted by atomic mass is 31.2. The van der Waals surface area contributed by atoms with Crippen LogP contribution in [0.4, 0.5) is 15.8 Å². The maximum absolute atomic E-state index is 12.8. The minimum Gasteiger partial charge on any atom is -0.366 e. The maximum Gasteiger partial charge on any atom is 0.347 e. The predicted molar refractivity (Wildman–Crippen MR) is 58.2 cm³/mol. The van der Waals surface area contributed by atoms with Gasteiger partial charge >= 0.3 is 7.60 Å². The van der Waals surface area contributed by atoms with Crippen molar-refractivity contribution in [2.45, 2.75) is 12.7 Å². The minimum atomic E-state index is -4.41. The van der Waals surface area contributed by atoms with Crippen LogP contribution in [0.15, 0.2) is 18.2 Å². The molecule has 0 amide bonds. The van der Waals surface area contributed by atoms with Gasteiger partial charge < -0.3 is 15.1 Å². The summed E-state index contributed by atoms with van der Waals surface area (Å²) in [5.41, 5.74) is -0.725. The molecule has 17 heavy (non-hydrogen) atoms. The smallest absolute Gasteiger partial charge is 0.347 e. The highest BCUT2D eigenvalue weighted by molar-refractivity contribution is 7.52. The van der Waals surface area contributed by atoms with E-state index < -0.39 is 29.8 Å². The molecule has 0 fully saturated rings. The van der Waals surface area contributed by atoms with E-state index >= 15 is 0 Å². The third-order valence-corrected chi connectivity index (χ3v) is 3.16. The molecule has 3 N–H and O–H groups in total. The summed E-state index contributed by atoms with van der Waals surface area (Å²) in [6.07, 6.45) is 0. The van der Waals surface area contributed by atoms with Gasteiger partial charge in [0.15, 0.2) is 0 Å². The molecule has 0 bridgehead atoms. The number of anilines is 1. The van der Waals surface area contributed by atoms with Crippen LogP contribution in [-0.2, 0) is 4.57 Å². The molecule has 0 spiro atoms. The van der Waals surface area contributed by atoms with Crippen molar-refractivity contribution < 1.29 is 23.7 Å². The number of halogens is 1. The molecule has 1 unspecified atom stereocenters. The van der Waals surface area contributed by atoms with E-state index in [4.69, 9.17) is 9.79 Å². The van der Waals surface area contributed by atoms with Crippen LogP contribution in [0.1, 0.15) is 6.92 Å². The van der Waals surface area contributed by atoms with Gasteiger partial charge in [0.1, 0.15) is 17.3 Å². The lowest BCUT2D eigenvalue weighted by Crippen LogP contribution is -2.16. The van der Waals surface area contributed by atoms with Gasteiger partial charge in [0.2, 0.25) is 0 Å². The first-order chi connectivity index (χ1) is 7.71. The Morgan fingerprint density at radius 2 is 2.12 bits per heavy atom. The molecular formula is C8H10FN2O5P. The Morgan fingerprint density at radius 1 is 1.53 bits per heavy atom. The van der Waals surface area contributed by atoms with Gasteiger partial charge in [-0.2, -0.15) is 0 Å². The molecule has 1 aromatic rings. The van der Waals surface area contributed by atoms with Crippen LogP contribution < -0.4 is 5.32 Å². The first kappa shape index (κ1) is 13.6. The van der Waals surface area contributed by atoms with E-state index in [-0.39, 0.29) is 5.69 Å². The molecular weight excluding hydrogens is 254 g/mol. The molecule has 0 heterocycles. The fourth-order valence-corrected chi connectivity index (χ4v) is 1.39. The zero-order chi connectivity index (χ0) is 13.2. The summed E-state index contributed by atoms with van der Waals surface area (Å²) in [5, 5.41) is 12.9. The molecule has 0 saturated carbocycles. The Kier molecular flexibility index (Phi) is 3.82. The summed E-state index contributed by atoms with van der Waals surface area (Å²) in [4.78, 5) is 27.4. The number of nitro groups is 1. The van der Waals surface area contributed by atoms with Gasteiger partial charge in [-0.1, -0.05) is 0 Å². The zero-order valence-electron chi connectivity index (χ0n) is 8.70. The molecule has 0 aliphatic rings. The van der Waals surface area contributed by atoms with Crippen LogP contribution in [0.5, 0.6) is 0 Å². The maximum atomic E-state index is 12.8. The van der Waals surface area contributed by atoms with E-state index in [0.29, 0.717) is 6.07 Å². The Balaban J connectivity index is 3.07. The number of rotatable bonds is 4. The lowest BCUT2D eigenvalue weighted by atomic mass is 10.2. The highest BCUT2D eigenvalue weighted by Crippen LogP contribution is 2.42. The van der Waals surface area contributed by atoms with Gasteiger partial charge in [-0.15, -0.1) is 0 Å². The average molecular weight is 264 g/mol. The third kappa shape index (κ3) is 3.48. The number of hydrogen-bond donors (Lipinski definition) is 3. The molecule has 0 aliphatic heterocycles. The normalized spacial score (nSPS) is 13.2. The van der Waals surface area contributed by atoms with Gasteiger partial charge in [0.25, 0.3) is 5.69 Å². The van der Waals surface area contributed by atoms with E-state index in [0.717, 1.165) is 12.1 Å². The highest BCUT2D eigenvalue weighted by Gasteiger charge is 2.26.